The molecule has 0 aliphatic carbocycles. The van der Waals surface area contributed by atoms with Crippen LogP contribution >= 0.6 is 0 Å². The summed E-state index contributed by atoms with van der Waals surface area (Å²) in [6.45, 7) is 5.93. The number of benzene rings is 1. The Morgan fingerprint density at radius 1 is 1.33 bits per heavy atom. The van der Waals surface area contributed by atoms with Crippen molar-refractivity contribution < 1.29 is 9.21 Å². The van der Waals surface area contributed by atoms with Gasteiger partial charge in [0, 0.05) is 10.9 Å². The molecule has 1 heterocycles. The molecule has 0 saturated heterocycles. The summed E-state index contributed by atoms with van der Waals surface area (Å²) in [6, 6.07) is 5.16. The number of hydrogen-bond acceptors (Lipinski definition) is 2. The lowest BCUT2D eigenvalue weighted by molar-refractivity contribution is 0.100. The van der Waals surface area contributed by atoms with Crippen molar-refractivity contribution in [1.29, 1.82) is 0 Å². The molecule has 0 saturated carbocycles. The zero-order chi connectivity index (χ0) is 11.4. The number of aryl methyl sites for hydroxylation is 1. The standard InChI is InChI=1S/C10H9NO2.C2H6/c1-6-5-13-9-3-2-7(10(11)12)4-8(6)9;1-2/h2-5H,1H3,(H2,11,12);1-2H3. The van der Waals surface area contributed by atoms with Crippen LogP contribution in [0.4, 0.5) is 0 Å². The van der Waals surface area contributed by atoms with Crippen LogP contribution in [-0.4, -0.2) is 5.91 Å². The predicted octanol–water partition coefficient (Wildman–Crippen LogP) is 2.87. The lowest BCUT2D eigenvalue weighted by atomic mass is 10.1. The molecule has 0 aliphatic rings. The highest BCUT2D eigenvalue weighted by Gasteiger charge is 2.05. The van der Waals surface area contributed by atoms with Crippen LogP contribution in [0.2, 0.25) is 0 Å². The summed E-state index contributed by atoms with van der Waals surface area (Å²) >= 11 is 0. The summed E-state index contributed by atoms with van der Waals surface area (Å²) in [5.74, 6) is -0.414. The normalized spacial score (nSPS) is 9.53. The maximum absolute atomic E-state index is 10.9. The Hall–Kier alpha value is -1.77. The Kier molecular flexibility index (Phi) is 3.50. The van der Waals surface area contributed by atoms with Crippen molar-refractivity contribution in [3.8, 4) is 0 Å². The number of hydrogen-bond donors (Lipinski definition) is 1. The highest BCUT2D eigenvalue weighted by molar-refractivity contribution is 5.97. The Labute approximate surface area is 88.9 Å². The predicted molar refractivity (Wildman–Crippen MR) is 60.8 cm³/mol. The minimum absolute atomic E-state index is 0.414. The van der Waals surface area contributed by atoms with E-state index in [1.165, 1.54) is 0 Å². The van der Waals surface area contributed by atoms with Crippen LogP contribution < -0.4 is 5.73 Å². The maximum Gasteiger partial charge on any atom is 0.248 e. The van der Waals surface area contributed by atoms with Crippen molar-refractivity contribution in [3.05, 3.63) is 35.6 Å². The largest absolute Gasteiger partial charge is 0.464 e. The summed E-state index contributed by atoms with van der Waals surface area (Å²) in [5.41, 5.74) is 7.46. The van der Waals surface area contributed by atoms with E-state index in [0.717, 1.165) is 16.5 Å². The topological polar surface area (TPSA) is 56.2 Å². The van der Waals surface area contributed by atoms with E-state index in [1.807, 2.05) is 20.8 Å². The minimum atomic E-state index is -0.414. The average molecular weight is 205 g/mol. The summed E-state index contributed by atoms with van der Waals surface area (Å²) in [5, 5.41) is 0.941. The fourth-order valence-corrected chi connectivity index (χ4v) is 1.31. The smallest absolute Gasteiger partial charge is 0.248 e. The molecule has 0 fully saturated rings. The van der Waals surface area contributed by atoms with E-state index in [-0.39, 0.29) is 0 Å². The number of furan rings is 1. The number of amides is 1. The molecule has 1 aromatic carbocycles. The summed E-state index contributed by atoms with van der Waals surface area (Å²) in [4.78, 5) is 10.9. The second-order valence-electron chi connectivity index (χ2n) is 2.99. The van der Waals surface area contributed by atoms with Gasteiger partial charge < -0.3 is 10.2 Å². The van der Waals surface area contributed by atoms with Crippen molar-refractivity contribution >= 4 is 16.9 Å². The second kappa shape index (κ2) is 4.64. The number of primary amides is 1. The van der Waals surface area contributed by atoms with Gasteiger partial charge in [-0.2, -0.15) is 0 Å². The first-order chi connectivity index (χ1) is 7.18. The molecule has 1 aromatic heterocycles. The fraction of sp³-hybridized carbons (Fsp3) is 0.250. The summed E-state index contributed by atoms with van der Waals surface area (Å²) < 4.78 is 5.23. The molecular weight excluding hydrogens is 190 g/mol. The van der Waals surface area contributed by atoms with Crippen LogP contribution in [0.15, 0.2) is 28.9 Å². The van der Waals surface area contributed by atoms with Crippen molar-refractivity contribution in [3.63, 3.8) is 0 Å². The van der Waals surface area contributed by atoms with Gasteiger partial charge >= 0.3 is 0 Å². The molecule has 1 amide bonds. The molecule has 0 unspecified atom stereocenters. The molecule has 15 heavy (non-hydrogen) atoms. The number of carbonyl (C=O) groups is 1. The van der Waals surface area contributed by atoms with Gasteiger partial charge in [0.25, 0.3) is 0 Å². The molecule has 2 rings (SSSR count). The van der Waals surface area contributed by atoms with Crippen molar-refractivity contribution in [2.75, 3.05) is 0 Å². The fourth-order valence-electron chi connectivity index (χ4n) is 1.31. The zero-order valence-electron chi connectivity index (χ0n) is 9.20. The Balaban J connectivity index is 0.000000531. The van der Waals surface area contributed by atoms with Crippen LogP contribution in [0.5, 0.6) is 0 Å². The van der Waals surface area contributed by atoms with Gasteiger partial charge in [0.05, 0.1) is 6.26 Å². The van der Waals surface area contributed by atoms with Gasteiger partial charge in [-0.1, -0.05) is 13.8 Å². The molecule has 3 nitrogen and oxygen atoms in total. The summed E-state index contributed by atoms with van der Waals surface area (Å²) in [7, 11) is 0. The van der Waals surface area contributed by atoms with E-state index < -0.39 is 5.91 Å². The van der Waals surface area contributed by atoms with Gasteiger partial charge in [0.1, 0.15) is 5.58 Å². The molecule has 0 radical (unpaired) electrons. The third-order valence-corrected chi connectivity index (χ3v) is 2.05. The van der Waals surface area contributed by atoms with Crippen molar-refractivity contribution in [2.45, 2.75) is 20.8 Å². The number of carbonyl (C=O) groups excluding carboxylic acids is 1. The van der Waals surface area contributed by atoms with E-state index in [9.17, 15) is 4.79 Å². The maximum atomic E-state index is 10.9. The number of nitrogens with two attached hydrogens (primary N) is 1. The van der Waals surface area contributed by atoms with E-state index in [4.69, 9.17) is 10.2 Å². The van der Waals surface area contributed by atoms with E-state index in [0.29, 0.717) is 5.56 Å². The van der Waals surface area contributed by atoms with Crippen molar-refractivity contribution in [1.82, 2.24) is 0 Å². The van der Waals surface area contributed by atoms with Crippen LogP contribution in [0.25, 0.3) is 11.0 Å². The van der Waals surface area contributed by atoms with Gasteiger partial charge in [-0.15, -0.1) is 0 Å². The highest BCUT2D eigenvalue weighted by atomic mass is 16.3. The highest BCUT2D eigenvalue weighted by Crippen LogP contribution is 2.21. The van der Waals surface area contributed by atoms with Crippen LogP contribution in [0.3, 0.4) is 0 Å². The zero-order valence-corrected chi connectivity index (χ0v) is 9.20. The molecule has 3 heteroatoms. The Bertz CT molecular complexity index is 471. The van der Waals surface area contributed by atoms with E-state index >= 15 is 0 Å². The first-order valence-electron chi connectivity index (χ1n) is 4.96. The van der Waals surface area contributed by atoms with Crippen LogP contribution in [0.1, 0.15) is 29.8 Å². The van der Waals surface area contributed by atoms with E-state index in [2.05, 4.69) is 0 Å². The first kappa shape index (κ1) is 11.3. The van der Waals surface area contributed by atoms with Crippen LogP contribution in [0, 0.1) is 6.92 Å². The second-order valence-corrected chi connectivity index (χ2v) is 2.99. The molecule has 2 aromatic rings. The molecule has 0 spiro atoms. The summed E-state index contributed by atoms with van der Waals surface area (Å²) in [6.07, 6.45) is 1.66. The van der Waals surface area contributed by atoms with Gasteiger partial charge in [-0.25, -0.2) is 0 Å². The van der Waals surface area contributed by atoms with Gasteiger partial charge in [-0.3, -0.25) is 4.79 Å². The van der Waals surface area contributed by atoms with E-state index in [1.54, 1.807) is 24.5 Å². The first-order valence-corrected chi connectivity index (χ1v) is 4.96. The molecule has 2 N–H and O–H groups in total. The lowest BCUT2D eigenvalue weighted by Crippen LogP contribution is -2.10. The quantitative estimate of drug-likeness (QED) is 0.778. The minimum Gasteiger partial charge on any atom is -0.464 e. The third kappa shape index (κ3) is 2.18. The average Bonchev–Trinajstić information content (AvgIpc) is 2.63. The Morgan fingerprint density at radius 2 is 2.00 bits per heavy atom. The third-order valence-electron chi connectivity index (χ3n) is 2.05. The van der Waals surface area contributed by atoms with Gasteiger partial charge in [0.2, 0.25) is 5.91 Å². The molecule has 80 valence electrons. The SMILES string of the molecule is CC.Cc1coc2ccc(C(N)=O)cc12. The van der Waals surface area contributed by atoms with Crippen LogP contribution in [-0.2, 0) is 0 Å². The van der Waals surface area contributed by atoms with Crippen molar-refractivity contribution in [2.24, 2.45) is 5.73 Å². The lowest BCUT2D eigenvalue weighted by Gasteiger charge is -1.94. The number of fused-ring (bicyclic) bond motifs is 1. The van der Waals surface area contributed by atoms with Gasteiger partial charge in [0.15, 0.2) is 0 Å². The van der Waals surface area contributed by atoms with Gasteiger partial charge in [-0.05, 0) is 30.7 Å². The monoisotopic (exact) mass is 205 g/mol. The Morgan fingerprint density at radius 3 is 2.60 bits per heavy atom. The molecule has 0 atom stereocenters. The molecule has 0 aliphatic heterocycles. The molecular formula is C12H15NO2. The number of rotatable bonds is 1. The molecule has 0 bridgehead atoms.